The molecule has 0 bridgehead atoms. The summed E-state index contributed by atoms with van der Waals surface area (Å²) in [6.45, 7) is 7.12. The van der Waals surface area contributed by atoms with Gasteiger partial charge in [-0.2, -0.15) is 0 Å². The van der Waals surface area contributed by atoms with Crippen LogP contribution in [0.4, 0.5) is 4.39 Å². The van der Waals surface area contributed by atoms with E-state index in [4.69, 9.17) is 10.2 Å². The van der Waals surface area contributed by atoms with Crippen molar-refractivity contribution >= 4 is 5.97 Å². The Kier molecular flexibility index (Phi) is 5.46. The molecule has 0 unspecified atom stereocenters. The number of rotatable bonds is 4. The van der Waals surface area contributed by atoms with Gasteiger partial charge in [0.25, 0.3) is 0 Å². The first kappa shape index (κ1) is 14.1. The van der Waals surface area contributed by atoms with Gasteiger partial charge >= 0.3 is 5.97 Å². The second-order valence-electron chi connectivity index (χ2n) is 3.36. The van der Waals surface area contributed by atoms with Gasteiger partial charge in [-0.1, -0.05) is 20.4 Å². The first-order valence-corrected chi connectivity index (χ1v) is 4.90. The number of aliphatic hydroxyl groups excluding tert-OH is 1. The van der Waals surface area contributed by atoms with Crippen LogP contribution < -0.4 is 0 Å². The van der Waals surface area contributed by atoms with Crippen LogP contribution in [0.3, 0.4) is 0 Å². The van der Waals surface area contributed by atoms with Gasteiger partial charge in [0.1, 0.15) is 0 Å². The summed E-state index contributed by atoms with van der Waals surface area (Å²) in [5.74, 6) is -1.07. The maximum atomic E-state index is 13.1. The number of halogens is 1. The summed E-state index contributed by atoms with van der Waals surface area (Å²) < 4.78 is 13.1. The molecule has 0 aromatic heterocycles. The lowest BCUT2D eigenvalue weighted by Gasteiger charge is -2.43. The third kappa shape index (κ3) is 3.97. The van der Waals surface area contributed by atoms with Gasteiger partial charge in [-0.25, -0.2) is 9.18 Å². The summed E-state index contributed by atoms with van der Waals surface area (Å²) in [4.78, 5) is 11.9. The van der Waals surface area contributed by atoms with Gasteiger partial charge in [-0.3, -0.25) is 4.90 Å². The third-order valence-corrected chi connectivity index (χ3v) is 2.01. The van der Waals surface area contributed by atoms with Crippen LogP contribution in [0.2, 0.25) is 0 Å². The number of aliphatic hydroxyl groups is 1. The first-order chi connectivity index (χ1) is 6.97. The number of alkyl halides is 1. The van der Waals surface area contributed by atoms with Crippen molar-refractivity contribution in [3.63, 3.8) is 0 Å². The topological polar surface area (TPSA) is 60.8 Å². The van der Waals surface area contributed by atoms with E-state index in [1.807, 2.05) is 13.8 Å². The Morgan fingerprint density at radius 1 is 1.53 bits per heavy atom. The standard InChI is InChI=1S/C8H12FNO3.C2H6/c1-6(7(12)13)2-10-3-8(9,4-10)5-11;1-2/h11H,1-5H2,(H,12,13);1-2H3. The van der Waals surface area contributed by atoms with Crippen LogP contribution in [-0.2, 0) is 4.79 Å². The number of carboxylic acid groups (broad SMARTS) is 1. The van der Waals surface area contributed by atoms with Crippen molar-refractivity contribution < 1.29 is 19.4 Å². The minimum absolute atomic E-state index is 0.0417. The Hall–Kier alpha value is -0.940. The minimum Gasteiger partial charge on any atom is -0.478 e. The lowest BCUT2D eigenvalue weighted by atomic mass is 9.97. The van der Waals surface area contributed by atoms with E-state index in [2.05, 4.69) is 6.58 Å². The van der Waals surface area contributed by atoms with Crippen molar-refractivity contribution in [3.8, 4) is 0 Å². The highest BCUT2D eigenvalue weighted by atomic mass is 19.1. The smallest absolute Gasteiger partial charge is 0.332 e. The van der Waals surface area contributed by atoms with Crippen LogP contribution in [0.15, 0.2) is 12.2 Å². The molecule has 88 valence electrons. The Bertz CT molecular complexity index is 237. The van der Waals surface area contributed by atoms with E-state index in [9.17, 15) is 9.18 Å². The van der Waals surface area contributed by atoms with Crippen molar-refractivity contribution in [2.75, 3.05) is 26.2 Å². The Labute approximate surface area is 89.0 Å². The molecule has 0 aliphatic carbocycles. The van der Waals surface area contributed by atoms with Crippen molar-refractivity contribution in [1.82, 2.24) is 4.90 Å². The molecule has 0 radical (unpaired) electrons. The maximum Gasteiger partial charge on any atom is 0.332 e. The number of aliphatic carboxylic acids is 1. The number of likely N-dealkylation sites (tertiary alicyclic amines) is 1. The summed E-state index contributed by atoms with van der Waals surface area (Å²) in [6, 6.07) is 0. The van der Waals surface area contributed by atoms with Gasteiger partial charge in [0.15, 0.2) is 5.67 Å². The molecule has 0 spiro atoms. The molecule has 15 heavy (non-hydrogen) atoms. The maximum absolute atomic E-state index is 13.1. The SMILES string of the molecule is C=C(CN1CC(F)(CO)C1)C(=O)O.CC. The van der Waals surface area contributed by atoms with Crippen LogP contribution in [0.5, 0.6) is 0 Å². The fourth-order valence-electron chi connectivity index (χ4n) is 1.30. The molecule has 0 amide bonds. The molecule has 0 saturated carbocycles. The number of hydrogen-bond acceptors (Lipinski definition) is 3. The molecule has 1 fully saturated rings. The molecule has 1 rings (SSSR count). The summed E-state index contributed by atoms with van der Waals surface area (Å²) in [6.07, 6.45) is 0. The van der Waals surface area contributed by atoms with Crippen LogP contribution in [0.25, 0.3) is 0 Å². The second kappa shape index (κ2) is 5.82. The van der Waals surface area contributed by atoms with Crippen molar-refractivity contribution in [1.29, 1.82) is 0 Å². The van der Waals surface area contributed by atoms with Crippen LogP contribution in [-0.4, -0.2) is 53.0 Å². The van der Waals surface area contributed by atoms with Crippen molar-refractivity contribution in [3.05, 3.63) is 12.2 Å². The molecule has 1 heterocycles. The van der Waals surface area contributed by atoms with Crippen molar-refractivity contribution in [2.24, 2.45) is 0 Å². The predicted octanol–water partition coefficient (Wildman–Crippen LogP) is 0.670. The zero-order chi connectivity index (χ0) is 12.1. The molecule has 2 N–H and O–H groups in total. The van der Waals surface area contributed by atoms with Crippen LogP contribution in [0, 0.1) is 0 Å². The number of carbonyl (C=O) groups is 1. The second-order valence-corrected chi connectivity index (χ2v) is 3.36. The average Bonchev–Trinajstić information content (AvgIpc) is 2.18. The number of nitrogens with zero attached hydrogens (tertiary/aromatic N) is 1. The highest BCUT2D eigenvalue weighted by molar-refractivity contribution is 5.86. The number of hydrogen-bond donors (Lipinski definition) is 2. The normalized spacial score (nSPS) is 18.4. The lowest BCUT2D eigenvalue weighted by molar-refractivity contribution is -0.133. The molecular weight excluding hydrogens is 201 g/mol. The molecule has 1 aliphatic heterocycles. The van der Waals surface area contributed by atoms with E-state index in [0.29, 0.717) is 0 Å². The van der Waals surface area contributed by atoms with E-state index in [-0.39, 0.29) is 25.2 Å². The molecule has 4 nitrogen and oxygen atoms in total. The van der Waals surface area contributed by atoms with E-state index in [1.54, 1.807) is 4.90 Å². The molecule has 5 heteroatoms. The highest BCUT2D eigenvalue weighted by Gasteiger charge is 2.43. The predicted molar refractivity (Wildman–Crippen MR) is 55.5 cm³/mol. The van der Waals surface area contributed by atoms with Gasteiger partial charge < -0.3 is 10.2 Å². The highest BCUT2D eigenvalue weighted by Crippen LogP contribution is 2.24. The molecule has 1 aliphatic rings. The minimum atomic E-state index is -1.54. The van der Waals surface area contributed by atoms with E-state index in [1.165, 1.54) is 0 Å². The quantitative estimate of drug-likeness (QED) is 0.682. The average molecular weight is 219 g/mol. The van der Waals surface area contributed by atoms with Gasteiger partial charge in [-0.15, -0.1) is 0 Å². The Morgan fingerprint density at radius 3 is 2.33 bits per heavy atom. The Morgan fingerprint density at radius 2 is 2.00 bits per heavy atom. The largest absolute Gasteiger partial charge is 0.478 e. The summed E-state index contributed by atoms with van der Waals surface area (Å²) >= 11 is 0. The van der Waals surface area contributed by atoms with E-state index >= 15 is 0 Å². The zero-order valence-electron chi connectivity index (χ0n) is 9.16. The summed E-state index contributed by atoms with van der Waals surface area (Å²) in [5.41, 5.74) is -1.50. The van der Waals surface area contributed by atoms with Gasteiger partial charge in [-0.05, 0) is 0 Å². The van der Waals surface area contributed by atoms with Gasteiger partial charge in [0, 0.05) is 25.2 Å². The van der Waals surface area contributed by atoms with Gasteiger partial charge in [0.05, 0.1) is 6.61 Å². The number of carboxylic acids is 1. The summed E-state index contributed by atoms with van der Waals surface area (Å²) in [5, 5.41) is 17.0. The Balaban J connectivity index is 0.000000921. The molecule has 0 aromatic carbocycles. The zero-order valence-corrected chi connectivity index (χ0v) is 9.16. The molecule has 1 saturated heterocycles. The van der Waals surface area contributed by atoms with Gasteiger partial charge in [0.2, 0.25) is 0 Å². The summed E-state index contributed by atoms with van der Waals surface area (Å²) in [7, 11) is 0. The monoisotopic (exact) mass is 219 g/mol. The van der Waals surface area contributed by atoms with Crippen LogP contribution in [0.1, 0.15) is 13.8 Å². The van der Waals surface area contributed by atoms with E-state index < -0.39 is 18.2 Å². The molecule has 0 aromatic rings. The lowest BCUT2D eigenvalue weighted by Crippen LogP contribution is -2.61. The van der Waals surface area contributed by atoms with E-state index in [0.717, 1.165) is 0 Å². The fourth-order valence-corrected chi connectivity index (χ4v) is 1.30. The van der Waals surface area contributed by atoms with Crippen LogP contribution >= 0.6 is 0 Å². The fraction of sp³-hybridized carbons (Fsp3) is 0.700. The third-order valence-electron chi connectivity index (χ3n) is 2.01. The first-order valence-electron chi connectivity index (χ1n) is 4.90. The van der Waals surface area contributed by atoms with Crippen molar-refractivity contribution in [2.45, 2.75) is 19.5 Å². The molecule has 0 atom stereocenters. The molecular formula is C10H18FNO3.